The van der Waals surface area contributed by atoms with E-state index in [2.05, 4.69) is 6.92 Å². The van der Waals surface area contributed by atoms with Crippen molar-refractivity contribution in [3.8, 4) is 0 Å². The summed E-state index contributed by atoms with van der Waals surface area (Å²) in [5.41, 5.74) is 0.918. The highest BCUT2D eigenvalue weighted by Crippen LogP contribution is 2.27. The molecule has 0 saturated carbocycles. The van der Waals surface area contributed by atoms with Gasteiger partial charge in [-0.15, -0.1) is 0 Å². The van der Waals surface area contributed by atoms with Crippen LogP contribution < -0.4 is 0 Å². The first-order valence-electron chi connectivity index (χ1n) is 7.31. The first kappa shape index (κ1) is 16.4. The van der Waals surface area contributed by atoms with E-state index in [4.69, 9.17) is 4.74 Å². The quantitative estimate of drug-likeness (QED) is 0.392. The summed E-state index contributed by atoms with van der Waals surface area (Å²) in [6, 6.07) is 9.54. The molecule has 0 aliphatic carbocycles. The lowest BCUT2D eigenvalue weighted by Crippen LogP contribution is -2.19. The minimum Gasteiger partial charge on any atom is -0.469 e. The van der Waals surface area contributed by atoms with Gasteiger partial charge in [-0.25, -0.2) is 0 Å². The molecule has 1 aromatic rings. The van der Waals surface area contributed by atoms with Crippen molar-refractivity contribution in [2.75, 3.05) is 7.11 Å². The number of methoxy groups -OCH3 is 1. The zero-order valence-corrected chi connectivity index (χ0v) is 12.4. The van der Waals surface area contributed by atoms with Gasteiger partial charge < -0.3 is 9.53 Å². The molecule has 3 heteroatoms. The number of carbonyl (C=O) groups excluding carboxylic acids is 2. The third-order valence-corrected chi connectivity index (χ3v) is 3.60. The van der Waals surface area contributed by atoms with Gasteiger partial charge in [0.05, 0.1) is 13.0 Å². The minimum atomic E-state index is -0.349. The molecule has 0 fully saturated rings. The van der Waals surface area contributed by atoms with Crippen LogP contribution in [0.1, 0.15) is 50.5 Å². The van der Waals surface area contributed by atoms with E-state index in [0.29, 0.717) is 6.42 Å². The Morgan fingerprint density at radius 3 is 2.50 bits per heavy atom. The maximum absolute atomic E-state index is 12.0. The van der Waals surface area contributed by atoms with E-state index >= 15 is 0 Å². The van der Waals surface area contributed by atoms with Crippen molar-refractivity contribution in [1.82, 2.24) is 0 Å². The smallest absolute Gasteiger partial charge is 0.313 e. The van der Waals surface area contributed by atoms with E-state index in [9.17, 15) is 9.59 Å². The highest BCUT2D eigenvalue weighted by atomic mass is 16.5. The number of rotatable bonds is 9. The van der Waals surface area contributed by atoms with Crippen molar-refractivity contribution >= 4 is 12.3 Å². The highest BCUT2D eigenvalue weighted by Gasteiger charge is 2.25. The zero-order chi connectivity index (χ0) is 14.8. The second-order valence-electron chi connectivity index (χ2n) is 5.11. The summed E-state index contributed by atoms with van der Waals surface area (Å²) >= 11 is 0. The monoisotopic (exact) mass is 276 g/mol. The fraction of sp³-hybridized carbons (Fsp3) is 0.529. The number of unbranched alkanes of at least 4 members (excludes halogenated alkanes) is 2. The lowest BCUT2D eigenvalue weighted by Gasteiger charge is -2.18. The largest absolute Gasteiger partial charge is 0.469 e. The SMILES string of the molecule is CCCCCC(C=O)CC(C(=O)OC)c1ccccc1. The van der Waals surface area contributed by atoms with Crippen molar-refractivity contribution in [3.05, 3.63) is 35.9 Å². The maximum Gasteiger partial charge on any atom is 0.313 e. The lowest BCUT2D eigenvalue weighted by atomic mass is 9.87. The fourth-order valence-corrected chi connectivity index (χ4v) is 2.40. The van der Waals surface area contributed by atoms with Gasteiger partial charge in [-0.05, 0) is 18.4 Å². The molecule has 0 radical (unpaired) electrons. The second kappa shape index (κ2) is 9.29. The molecule has 0 heterocycles. The summed E-state index contributed by atoms with van der Waals surface area (Å²) in [4.78, 5) is 23.2. The standard InChI is InChI=1S/C17H24O3/c1-3-4-6-9-14(13-18)12-16(17(19)20-2)15-10-7-5-8-11-15/h5,7-8,10-11,13-14,16H,3-4,6,9,12H2,1-2H3. The van der Waals surface area contributed by atoms with E-state index < -0.39 is 0 Å². The Balaban J connectivity index is 2.73. The van der Waals surface area contributed by atoms with Gasteiger partial charge in [-0.1, -0.05) is 56.5 Å². The van der Waals surface area contributed by atoms with Gasteiger partial charge in [0.2, 0.25) is 0 Å². The van der Waals surface area contributed by atoms with Crippen LogP contribution in [0.3, 0.4) is 0 Å². The Kier molecular flexibility index (Phi) is 7.63. The summed E-state index contributed by atoms with van der Waals surface area (Å²) in [5.74, 6) is -0.692. The Bertz CT molecular complexity index is 400. The van der Waals surface area contributed by atoms with Crippen LogP contribution in [0.2, 0.25) is 0 Å². The number of hydrogen-bond donors (Lipinski definition) is 0. The molecule has 110 valence electrons. The summed E-state index contributed by atoms with van der Waals surface area (Å²) in [7, 11) is 1.39. The number of esters is 1. The highest BCUT2D eigenvalue weighted by molar-refractivity contribution is 5.78. The van der Waals surface area contributed by atoms with Crippen molar-refractivity contribution in [2.24, 2.45) is 5.92 Å². The Hall–Kier alpha value is -1.64. The molecule has 0 N–H and O–H groups in total. The number of aldehydes is 1. The molecule has 1 rings (SSSR count). The average molecular weight is 276 g/mol. The molecule has 2 unspecified atom stereocenters. The molecule has 3 nitrogen and oxygen atoms in total. The van der Waals surface area contributed by atoms with Gasteiger partial charge in [-0.2, -0.15) is 0 Å². The molecule has 20 heavy (non-hydrogen) atoms. The zero-order valence-electron chi connectivity index (χ0n) is 12.4. The summed E-state index contributed by atoms with van der Waals surface area (Å²) < 4.78 is 4.88. The summed E-state index contributed by atoms with van der Waals surface area (Å²) in [5, 5.41) is 0. The third kappa shape index (κ3) is 5.16. The van der Waals surface area contributed by atoms with Crippen LogP contribution in [0.15, 0.2) is 30.3 Å². The predicted molar refractivity (Wildman–Crippen MR) is 79.5 cm³/mol. The molecule has 0 saturated heterocycles. The molecule has 1 aromatic carbocycles. The number of ether oxygens (including phenoxy) is 1. The Morgan fingerprint density at radius 1 is 1.25 bits per heavy atom. The van der Waals surface area contributed by atoms with Gasteiger partial charge in [0.25, 0.3) is 0 Å². The summed E-state index contributed by atoms with van der Waals surface area (Å²) in [6.45, 7) is 2.14. The van der Waals surface area contributed by atoms with E-state index in [-0.39, 0.29) is 17.8 Å². The van der Waals surface area contributed by atoms with Gasteiger partial charge in [0, 0.05) is 5.92 Å². The molecular weight excluding hydrogens is 252 g/mol. The van der Waals surface area contributed by atoms with Crippen LogP contribution in [0, 0.1) is 5.92 Å². The van der Waals surface area contributed by atoms with Crippen LogP contribution >= 0.6 is 0 Å². The molecule has 0 bridgehead atoms. The Labute approximate surface area is 121 Å². The molecule has 2 atom stereocenters. The predicted octanol–water partition coefficient (Wildman–Crippen LogP) is 3.73. The van der Waals surface area contributed by atoms with Gasteiger partial charge in [0.15, 0.2) is 0 Å². The first-order chi connectivity index (χ1) is 9.72. The number of hydrogen-bond acceptors (Lipinski definition) is 3. The van der Waals surface area contributed by atoms with Crippen LogP contribution in [0.4, 0.5) is 0 Å². The Morgan fingerprint density at radius 2 is 1.95 bits per heavy atom. The molecule has 0 spiro atoms. The van der Waals surface area contributed by atoms with Crippen LogP contribution in [-0.4, -0.2) is 19.4 Å². The molecule has 0 aliphatic rings. The van der Waals surface area contributed by atoms with E-state index in [1.54, 1.807) is 0 Å². The number of benzene rings is 1. The topological polar surface area (TPSA) is 43.4 Å². The second-order valence-corrected chi connectivity index (χ2v) is 5.11. The van der Waals surface area contributed by atoms with Crippen molar-refractivity contribution in [1.29, 1.82) is 0 Å². The van der Waals surface area contributed by atoms with E-state index in [1.807, 2.05) is 30.3 Å². The minimum absolute atomic E-state index is 0.0779. The van der Waals surface area contributed by atoms with Crippen molar-refractivity contribution in [2.45, 2.75) is 44.9 Å². The van der Waals surface area contributed by atoms with Gasteiger partial charge in [0.1, 0.15) is 6.29 Å². The average Bonchev–Trinajstić information content (AvgIpc) is 2.51. The van der Waals surface area contributed by atoms with E-state index in [1.165, 1.54) is 7.11 Å². The third-order valence-electron chi connectivity index (χ3n) is 3.60. The molecule has 0 aliphatic heterocycles. The molecule has 0 aromatic heterocycles. The van der Waals surface area contributed by atoms with E-state index in [0.717, 1.165) is 37.5 Å². The van der Waals surface area contributed by atoms with Crippen molar-refractivity contribution < 1.29 is 14.3 Å². The maximum atomic E-state index is 12.0. The lowest BCUT2D eigenvalue weighted by molar-refractivity contribution is -0.143. The van der Waals surface area contributed by atoms with Crippen LogP contribution in [0.5, 0.6) is 0 Å². The molecule has 0 amide bonds. The summed E-state index contributed by atoms with van der Waals surface area (Å²) in [6.07, 6.45) is 5.64. The fourth-order valence-electron chi connectivity index (χ4n) is 2.40. The normalized spacial score (nSPS) is 13.5. The number of carbonyl (C=O) groups is 2. The van der Waals surface area contributed by atoms with Crippen LogP contribution in [0.25, 0.3) is 0 Å². The van der Waals surface area contributed by atoms with Crippen LogP contribution in [-0.2, 0) is 14.3 Å². The first-order valence-corrected chi connectivity index (χ1v) is 7.31. The van der Waals surface area contributed by atoms with Crippen molar-refractivity contribution in [3.63, 3.8) is 0 Å². The van der Waals surface area contributed by atoms with Gasteiger partial charge >= 0.3 is 5.97 Å². The molecular formula is C17H24O3. The van der Waals surface area contributed by atoms with Gasteiger partial charge in [-0.3, -0.25) is 4.79 Å².